The molecule has 0 aliphatic carbocycles. The molecule has 3 aromatic carbocycles. The van der Waals surface area contributed by atoms with Crippen molar-refractivity contribution < 1.29 is 14.3 Å². The number of ether oxygens (including phenoxy) is 2. The van der Waals surface area contributed by atoms with Gasteiger partial charge in [-0.3, -0.25) is 4.79 Å². The van der Waals surface area contributed by atoms with Gasteiger partial charge in [0.15, 0.2) is 17.3 Å². The first-order valence-corrected chi connectivity index (χ1v) is 10.4. The van der Waals surface area contributed by atoms with Crippen LogP contribution in [-0.2, 0) is 6.42 Å². The first-order valence-electron chi connectivity index (χ1n) is 10.4. The lowest BCUT2D eigenvalue weighted by Gasteiger charge is -2.43. The summed E-state index contributed by atoms with van der Waals surface area (Å²) >= 11 is 0. The van der Waals surface area contributed by atoms with Crippen LogP contribution >= 0.6 is 0 Å². The van der Waals surface area contributed by atoms with Crippen molar-refractivity contribution in [3.05, 3.63) is 94.5 Å². The fourth-order valence-corrected chi connectivity index (χ4v) is 4.83. The Balaban J connectivity index is 1.44. The van der Waals surface area contributed by atoms with Gasteiger partial charge in [0, 0.05) is 29.8 Å². The highest BCUT2D eigenvalue weighted by Crippen LogP contribution is 2.46. The molecule has 0 saturated heterocycles. The van der Waals surface area contributed by atoms with E-state index in [0.29, 0.717) is 6.42 Å². The molecule has 0 N–H and O–H groups in total. The van der Waals surface area contributed by atoms with Crippen molar-refractivity contribution in [2.24, 2.45) is 0 Å². The minimum Gasteiger partial charge on any atom is -0.454 e. The number of ketones is 1. The predicted octanol–water partition coefficient (Wildman–Crippen LogP) is 5.10. The summed E-state index contributed by atoms with van der Waals surface area (Å²) in [6, 6.07) is 22.2. The molecule has 0 fully saturated rings. The molecule has 0 saturated carbocycles. The number of benzene rings is 3. The summed E-state index contributed by atoms with van der Waals surface area (Å²) in [5.41, 5.74) is 6.78. The number of rotatable bonds is 3. The number of hydrogen-bond donors (Lipinski definition) is 0. The van der Waals surface area contributed by atoms with Gasteiger partial charge in [0.1, 0.15) is 0 Å². The monoisotopic (exact) mass is 395 g/mol. The van der Waals surface area contributed by atoms with Gasteiger partial charge in [-0.2, -0.15) is 0 Å². The number of carbonyl (C=O) groups is 1. The molecule has 3 heterocycles. The second kappa shape index (κ2) is 6.77. The summed E-state index contributed by atoms with van der Waals surface area (Å²) in [6.45, 7) is 1.15. The zero-order valence-corrected chi connectivity index (χ0v) is 16.5. The Morgan fingerprint density at radius 3 is 2.60 bits per heavy atom. The van der Waals surface area contributed by atoms with Crippen molar-refractivity contribution in [3.8, 4) is 11.5 Å². The molecule has 4 heteroatoms. The zero-order valence-electron chi connectivity index (χ0n) is 16.5. The highest BCUT2D eigenvalue weighted by molar-refractivity contribution is 5.97. The molecule has 4 nitrogen and oxygen atoms in total. The van der Waals surface area contributed by atoms with Crippen molar-refractivity contribution in [1.82, 2.24) is 4.90 Å². The standard InChI is InChI=1S/C26H21NO3/c28-24(17-6-2-1-3-7-17)15-23-20-9-5-4-8-18(20)12-22-21-14-26-25(29-16-30-26)13-19(21)10-11-27(22)23/h1-9,12-14,23H,10-11,15-16H2. The fraction of sp³-hybridized carbons (Fsp3) is 0.192. The van der Waals surface area contributed by atoms with Gasteiger partial charge in [0.05, 0.1) is 6.04 Å². The van der Waals surface area contributed by atoms with Gasteiger partial charge in [-0.15, -0.1) is 0 Å². The number of fused-ring (bicyclic) bond motifs is 5. The molecule has 1 atom stereocenters. The van der Waals surface area contributed by atoms with Crippen LogP contribution in [0.1, 0.15) is 45.1 Å². The molecule has 0 radical (unpaired) electrons. The van der Waals surface area contributed by atoms with Gasteiger partial charge >= 0.3 is 0 Å². The molecular weight excluding hydrogens is 374 g/mol. The van der Waals surface area contributed by atoms with Crippen LogP contribution in [0.25, 0.3) is 11.8 Å². The third-order valence-electron chi connectivity index (χ3n) is 6.30. The molecule has 0 spiro atoms. The second-order valence-corrected chi connectivity index (χ2v) is 7.97. The summed E-state index contributed by atoms with van der Waals surface area (Å²) in [7, 11) is 0. The zero-order chi connectivity index (χ0) is 20.1. The molecule has 0 bridgehead atoms. The van der Waals surface area contributed by atoms with Crippen LogP contribution in [0.3, 0.4) is 0 Å². The van der Waals surface area contributed by atoms with E-state index in [1.54, 1.807) is 0 Å². The third-order valence-corrected chi connectivity index (χ3v) is 6.30. The Kier molecular flexibility index (Phi) is 3.91. The normalized spacial score (nSPS) is 18.2. The average Bonchev–Trinajstić information content (AvgIpc) is 3.25. The number of Topliss-reactive ketones (excluding diaryl/α,β-unsaturated/α-hetero) is 1. The minimum absolute atomic E-state index is 0.0208. The van der Waals surface area contributed by atoms with E-state index in [-0.39, 0.29) is 18.6 Å². The van der Waals surface area contributed by atoms with Crippen LogP contribution in [0.4, 0.5) is 0 Å². The van der Waals surface area contributed by atoms with Gasteiger partial charge in [-0.25, -0.2) is 0 Å². The van der Waals surface area contributed by atoms with Crippen LogP contribution < -0.4 is 9.47 Å². The van der Waals surface area contributed by atoms with Crippen molar-refractivity contribution in [3.63, 3.8) is 0 Å². The molecule has 3 aliphatic heterocycles. The average molecular weight is 395 g/mol. The predicted molar refractivity (Wildman–Crippen MR) is 115 cm³/mol. The van der Waals surface area contributed by atoms with E-state index in [9.17, 15) is 4.79 Å². The summed E-state index contributed by atoms with van der Waals surface area (Å²) in [4.78, 5) is 15.5. The van der Waals surface area contributed by atoms with Crippen molar-refractivity contribution in [2.75, 3.05) is 13.3 Å². The highest BCUT2D eigenvalue weighted by Gasteiger charge is 2.35. The van der Waals surface area contributed by atoms with E-state index < -0.39 is 0 Å². The van der Waals surface area contributed by atoms with E-state index >= 15 is 0 Å². The lowest BCUT2D eigenvalue weighted by Crippen LogP contribution is -2.36. The van der Waals surface area contributed by atoms with Crippen molar-refractivity contribution in [1.29, 1.82) is 0 Å². The quantitative estimate of drug-likeness (QED) is 0.579. The van der Waals surface area contributed by atoms with Gasteiger partial charge < -0.3 is 14.4 Å². The van der Waals surface area contributed by atoms with Gasteiger partial charge in [-0.05, 0) is 41.3 Å². The smallest absolute Gasteiger partial charge is 0.231 e. The van der Waals surface area contributed by atoms with Crippen LogP contribution in [-0.4, -0.2) is 24.0 Å². The Morgan fingerprint density at radius 1 is 0.967 bits per heavy atom. The first kappa shape index (κ1) is 17.3. The summed E-state index contributed by atoms with van der Waals surface area (Å²) < 4.78 is 11.2. The second-order valence-electron chi connectivity index (χ2n) is 7.97. The van der Waals surface area contributed by atoms with Gasteiger partial charge in [0.25, 0.3) is 0 Å². The van der Waals surface area contributed by atoms with E-state index in [0.717, 1.165) is 30.0 Å². The molecule has 3 aliphatic rings. The Labute approximate surface area is 175 Å². The molecule has 30 heavy (non-hydrogen) atoms. The largest absolute Gasteiger partial charge is 0.454 e. The van der Waals surface area contributed by atoms with Crippen LogP contribution in [0.15, 0.2) is 66.7 Å². The maximum Gasteiger partial charge on any atom is 0.231 e. The molecule has 0 aromatic heterocycles. The van der Waals surface area contributed by atoms with Crippen molar-refractivity contribution in [2.45, 2.75) is 18.9 Å². The molecule has 3 aromatic rings. The molecule has 148 valence electrons. The number of carbonyl (C=O) groups excluding carboxylic acids is 1. The minimum atomic E-state index is 0.0208. The molecule has 0 amide bonds. The van der Waals surface area contributed by atoms with Gasteiger partial charge in [0.2, 0.25) is 6.79 Å². The summed E-state index contributed by atoms with van der Waals surface area (Å²) in [5, 5.41) is 0. The molecular formula is C26H21NO3. The first-order chi connectivity index (χ1) is 14.8. The van der Waals surface area contributed by atoms with Crippen molar-refractivity contribution >= 4 is 17.6 Å². The Bertz CT molecular complexity index is 1180. The van der Waals surface area contributed by atoms with E-state index in [4.69, 9.17) is 9.47 Å². The SMILES string of the molecule is O=C(CC1c2ccccc2C=C2c3cc4c(cc3CCN21)OCO4)c1ccccc1. The number of hydrogen-bond acceptors (Lipinski definition) is 4. The van der Waals surface area contributed by atoms with E-state index in [1.807, 2.05) is 30.3 Å². The van der Waals surface area contributed by atoms with Crippen LogP contribution in [0.2, 0.25) is 0 Å². The topological polar surface area (TPSA) is 38.8 Å². The third kappa shape index (κ3) is 2.71. The highest BCUT2D eigenvalue weighted by atomic mass is 16.7. The lowest BCUT2D eigenvalue weighted by atomic mass is 9.84. The Morgan fingerprint density at radius 2 is 1.73 bits per heavy atom. The van der Waals surface area contributed by atoms with Crippen LogP contribution in [0.5, 0.6) is 11.5 Å². The van der Waals surface area contributed by atoms with Crippen LogP contribution in [0, 0.1) is 0 Å². The maximum atomic E-state index is 13.1. The molecule has 6 rings (SSSR count). The fourth-order valence-electron chi connectivity index (χ4n) is 4.83. The summed E-state index contributed by atoms with van der Waals surface area (Å²) in [5.74, 6) is 1.80. The van der Waals surface area contributed by atoms with Gasteiger partial charge in [-0.1, -0.05) is 54.6 Å². The lowest BCUT2D eigenvalue weighted by molar-refractivity contribution is 0.0945. The Hall–Kier alpha value is -3.53. The van der Waals surface area contributed by atoms with E-state index in [2.05, 4.69) is 47.4 Å². The summed E-state index contributed by atoms with van der Waals surface area (Å²) in [6.07, 6.45) is 3.62. The van der Waals surface area contributed by atoms with E-state index in [1.165, 1.54) is 28.0 Å². The maximum absolute atomic E-state index is 13.1. The number of nitrogens with zero attached hydrogens (tertiary/aromatic N) is 1. The molecule has 1 unspecified atom stereocenters.